The van der Waals surface area contributed by atoms with E-state index in [0.717, 1.165) is 4.13 Å². The van der Waals surface area contributed by atoms with Gasteiger partial charge in [0.15, 0.2) is 0 Å². The van der Waals surface area contributed by atoms with Crippen molar-refractivity contribution in [1.82, 2.24) is 6.15 Å². The van der Waals surface area contributed by atoms with Crippen molar-refractivity contribution >= 4 is 20.8 Å². The average Bonchev–Trinajstić information content (AvgIpc) is 1.14. The van der Waals surface area contributed by atoms with Gasteiger partial charge in [0.1, 0.15) is 0 Å². The van der Waals surface area contributed by atoms with Gasteiger partial charge in [-0.3, -0.25) is 0 Å². The smallest absolute Gasteiger partial charge is 0.241 e. The summed E-state index contributed by atoms with van der Waals surface area (Å²) in [4.78, 5) is 0. The van der Waals surface area contributed by atoms with Gasteiger partial charge in [0, 0.05) is 0 Å². The molecule has 0 aliphatic carbocycles. The zero-order valence-electron chi connectivity index (χ0n) is 4.65. The molecule has 6 nitrogen and oxygen atoms in total. The van der Waals surface area contributed by atoms with Crippen LogP contribution in [0.25, 0.3) is 4.13 Å². The summed E-state index contributed by atoms with van der Waals surface area (Å²) in [7, 11) is -11.2. The fourth-order valence-corrected chi connectivity index (χ4v) is 0.957. The minimum atomic E-state index is -5.62. The van der Waals surface area contributed by atoms with Crippen molar-refractivity contribution in [2.45, 2.75) is 0 Å². The summed E-state index contributed by atoms with van der Waals surface area (Å²) in [5.74, 6) is 0. The molecule has 0 bridgehead atoms. The summed E-state index contributed by atoms with van der Waals surface area (Å²) in [6.07, 6.45) is 0. The summed E-state index contributed by atoms with van der Waals surface area (Å²) < 4.78 is 60.1. The molecule has 10 heteroatoms. The molecule has 0 spiro atoms. The second-order valence-corrected chi connectivity index (χ2v) is 3.14. The van der Waals surface area contributed by atoms with Gasteiger partial charge in [-0.25, -0.2) is 16.8 Å². The van der Waals surface area contributed by atoms with Crippen LogP contribution < -0.4 is 6.15 Å². The van der Waals surface area contributed by atoms with Crippen LogP contribution in [0.15, 0.2) is 0 Å². The number of rotatable bonds is 2. The molecule has 0 aromatic heterocycles. The zero-order valence-corrected chi connectivity index (χ0v) is 6.29. The third-order valence-electron chi connectivity index (χ3n) is 0.178. The first-order valence-electron chi connectivity index (χ1n) is 1.34. The molecule has 0 rings (SSSR count). The predicted octanol–water partition coefficient (Wildman–Crippen LogP) is 0.165. The molecule has 0 aliphatic rings. The molecule has 4 N–H and O–H groups in total. The van der Waals surface area contributed by atoms with Crippen molar-refractivity contribution in [2.24, 2.45) is 0 Å². The van der Waals surface area contributed by atoms with Crippen LogP contribution in [0.1, 0.15) is 0 Å². The molecule has 64 valence electrons. The highest BCUT2D eigenvalue weighted by Crippen LogP contribution is 2.11. The minimum absolute atomic E-state index is 0. The monoisotopic (exact) mass is 198 g/mol. The Morgan fingerprint density at radius 2 is 1.10 bits per heavy atom. The van der Waals surface area contributed by atoms with E-state index in [1.54, 1.807) is 0 Å². The molecule has 0 radical (unpaired) electrons. The molecule has 0 unspecified atom stereocenters. The molecule has 0 aromatic carbocycles. The Morgan fingerprint density at radius 1 is 0.900 bits per heavy atom. The topological polar surface area (TPSA) is 119 Å². The van der Waals surface area contributed by atoms with Crippen molar-refractivity contribution < 1.29 is 24.6 Å². The number of hydrogen-bond acceptors (Lipinski definition) is 4. The average molecular weight is 198 g/mol. The lowest BCUT2D eigenvalue weighted by molar-refractivity contribution is 0.551. The summed E-state index contributed by atoms with van der Waals surface area (Å²) in [5, 5.41) is 0. The second-order valence-electron chi connectivity index (χ2n) is 0.899. The van der Waals surface area contributed by atoms with Crippen LogP contribution in [-0.2, 0) is 20.8 Å². The molecular weight excluding hydrogens is 194 g/mol. The molecule has 0 atom stereocenters. The number of nitrogens with zero attached hydrogens (tertiary/aromatic N) is 1. The van der Waals surface area contributed by atoms with E-state index < -0.39 is 20.8 Å². The Morgan fingerprint density at radius 3 is 1.10 bits per heavy atom. The Bertz CT molecular complexity index is 244. The van der Waals surface area contributed by atoms with Gasteiger partial charge in [0.05, 0.1) is 0 Å². The highest BCUT2D eigenvalue weighted by atomic mass is 32.3. The summed E-state index contributed by atoms with van der Waals surface area (Å²) in [5.41, 5.74) is 0. The van der Waals surface area contributed by atoms with Crippen molar-refractivity contribution in [3.05, 3.63) is 4.13 Å². The minimum Gasteiger partial charge on any atom is -0.379 e. The molecule has 0 fully saturated rings. The Hall–Kier alpha value is -0.320. The van der Waals surface area contributed by atoms with E-state index in [-0.39, 0.29) is 6.15 Å². The SMILES string of the molecule is O=S(=O)(F)[N-]S(=O)(=O)F.[NH4+]. The van der Waals surface area contributed by atoms with Crippen LogP contribution in [0.3, 0.4) is 0 Å². The number of halogens is 2. The Balaban J connectivity index is 0. The van der Waals surface area contributed by atoms with Crippen LogP contribution in [0.4, 0.5) is 7.77 Å². The van der Waals surface area contributed by atoms with E-state index in [2.05, 4.69) is 0 Å². The first kappa shape index (κ1) is 12.4. The van der Waals surface area contributed by atoms with E-state index in [0.29, 0.717) is 0 Å². The lowest BCUT2D eigenvalue weighted by atomic mass is 13.9. The molecule has 0 saturated heterocycles. The maximum Gasteiger partial charge on any atom is 0.241 e. The van der Waals surface area contributed by atoms with Crippen LogP contribution in [0.2, 0.25) is 0 Å². The van der Waals surface area contributed by atoms with E-state index in [1.165, 1.54) is 0 Å². The standard InChI is InChI=1S/F2NO4S2.H3N/c1-8(4,5)3-9(2,6)7;/h;1H3/q-1;/p+1. The van der Waals surface area contributed by atoms with Crippen LogP contribution in [-0.4, -0.2) is 16.8 Å². The normalized spacial score (nSPS) is 12.2. The third kappa shape index (κ3) is 10.6. The van der Waals surface area contributed by atoms with Gasteiger partial charge in [-0.05, 0) is 0 Å². The van der Waals surface area contributed by atoms with Crippen LogP contribution >= 0.6 is 0 Å². The van der Waals surface area contributed by atoms with Crippen molar-refractivity contribution in [3.63, 3.8) is 0 Å². The van der Waals surface area contributed by atoms with Gasteiger partial charge in [0.2, 0.25) is 20.8 Å². The van der Waals surface area contributed by atoms with Gasteiger partial charge in [-0.2, -0.15) is 0 Å². The first-order valence-corrected chi connectivity index (χ1v) is 4.02. The fourth-order valence-electron chi connectivity index (χ4n) is 0.106. The molecule has 10 heavy (non-hydrogen) atoms. The summed E-state index contributed by atoms with van der Waals surface area (Å²) in [6, 6.07) is 0. The third-order valence-corrected chi connectivity index (χ3v) is 1.60. The summed E-state index contributed by atoms with van der Waals surface area (Å²) >= 11 is 0. The lowest BCUT2D eigenvalue weighted by Gasteiger charge is -2.03. The largest absolute Gasteiger partial charge is 0.379 e. The molecule has 0 amide bonds. The fraction of sp³-hybridized carbons (Fsp3) is 0. The Kier molecular flexibility index (Phi) is 3.94. The van der Waals surface area contributed by atoms with E-state index in [9.17, 15) is 24.6 Å². The molecule has 0 aromatic rings. The van der Waals surface area contributed by atoms with Crippen molar-refractivity contribution in [2.75, 3.05) is 0 Å². The molecule has 0 heterocycles. The van der Waals surface area contributed by atoms with Gasteiger partial charge < -0.3 is 10.3 Å². The highest BCUT2D eigenvalue weighted by molar-refractivity contribution is 8.07. The highest BCUT2D eigenvalue weighted by Gasteiger charge is 2.01. The second kappa shape index (κ2) is 3.18. The predicted molar refractivity (Wildman–Crippen MR) is 29.4 cm³/mol. The van der Waals surface area contributed by atoms with E-state index >= 15 is 0 Å². The van der Waals surface area contributed by atoms with E-state index in [1.807, 2.05) is 0 Å². The summed E-state index contributed by atoms with van der Waals surface area (Å²) in [6.45, 7) is 0. The molecule has 0 aliphatic heterocycles. The van der Waals surface area contributed by atoms with Crippen molar-refractivity contribution in [1.29, 1.82) is 0 Å². The van der Waals surface area contributed by atoms with Crippen LogP contribution in [0.5, 0.6) is 0 Å². The number of quaternary nitrogens is 1. The van der Waals surface area contributed by atoms with Gasteiger partial charge in [-0.15, -0.1) is 7.77 Å². The maximum atomic E-state index is 11.1. The molecular formula is H4F2N2O4S2. The number of hydrogen-bond donors (Lipinski definition) is 1. The zero-order chi connectivity index (χ0) is 7.71. The van der Waals surface area contributed by atoms with E-state index in [4.69, 9.17) is 0 Å². The van der Waals surface area contributed by atoms with Gasteiger partial charge in [-0.1, -0.05) is 0 Å². The lowest BCUT2D eigenvalue weighted by Crippen LogP contribution is -1.94. The molecule has 0 saturated carbocycles. The quantitative estimate of drug-likeness (QED) is 0.635. The van der Waals surface area contributed by atoms with Gasteiger partial charge >= 0.3 is 0 Å². The first-order chi connectivity index (χ1) is 3.71. The Labute approximate surface area is 56.5 Å². The van der Waals surface area contributed by atoms with Crippen molar-refractivity contribution in [3.8, 4) is 0 Å². The maximum absolute atomic E-state index is 11.1. The van der Waals surface area contributed by atoms with Gasteiger partial charge in [0.25, 0.3) is 0 Å². The van der Waals surface area contributed by atoms with Crippen LogP contribution in [0, 0.1) is 0 Å².